The second-order valence-corrected chi connectivity index (χ2v) is 4.55. The number of amides is 1. The van der Waals surface area contributed by atoms with Crippen molar-refractivity contribution >= 4 is 5.91 Å². The quantitative estimate of drug-likeness (QED) is 0.881. The van der Waals surface area contributed by atoms with E-state index in [0.29, 0.717) is 13.0 Å². The van der Waals surface area contributed by atoms with Crippen LogP contribution in [-0.4, -0.2) is 19.6 Å². The van der Waals surface area contributed by atoms with Gasteiger partial charge in [0.1, 0.15) is 11.6 Å². The summed E-state index contributed by atoms with van der Waals surface area (Å²) in [7, 11) is 1.61. The molecule has 0 radical (unpaired) electrons. The van der Waals surface area contributed by atoms with E-state index in [0.717, 1.165) is 11.3 Å². The first-order valence-corrected chi connectivity index (χ1v) is 6.87. The van der Waals surface area contributed by atoms with Crippen LogP contribution in [0.5, 0.6) is 5.75 Å². The predicted octanol–water partition coefficient (Wildman–Crippen LogP) is 2.54. The lowest BCUT2D eigenvalue weighted by atomic mass is 10.1. The van der Waals surface area contributed by atoms with Gasteiger partial charge in [-0.15, -0.1) is 0 Å². The molecule has 4 heteroatoms. The number of benzene rings is 2. The van der Waals surface area contributed by atoms with Gasteiger partial charge in [-0.1, -0.05) is 36.3 Å². The Hall–Kier alpha value is -2.80. The number of halogens is 1. The molecule has 0 fully saturated rings. The Balaban J connectivity index is 1.88. The Morgan fingerprint density at radius 3 is 2.68 bits per heavy atom. The first-order valence-electron chi connectivity index (χ1n) is 6.87. The minimum absolute atomic E-state index is 0.211. The van der Waals surface area contributed by atoms with Gasteiger partial charge in [0, 0.05) is 12.5 Å². The highest BCUT2D eigenvalue weighted by Crippen LogP contribution is 2.17. The Labute approximate surface area is 129 Å². The summed E-state index contributed by atoms with van der Waals surface area (Å²) >= 11 is 0. The van der Waals surface area contributed by atoms with Crippen LogP contribution in [0.4, 0.5) is 4.39 Å². The van der Waals surface area contributed by atoms with Crippen molar-refractivity contribution in [3.63, 3.8) is 0 Å². The number of para-hydroxylation sites is 1. The molecular formula is C18H16FNO2. The van der Waals surface area contributed by atoms with Gasteiger partial charge in [-0.2, -0.15) is 0 Å². The first kappa shape index (κ1) is 15.6. The fraction of sp³-hybridized carbons (Fsp3) is 0.167. The van der Waals surface area contributed by atoms with Crippen LogP contribution in [0.1, 0.15) is 11.1 Å². The zero-order valence-corrected chi connectivity index (χ0v) is 12.2. The number of ether oxygens (including phenoxy) is 1. The van der Waals surface area contributed by atoms with Crippen LogP contribution in [0.15, 0.2) is 48.5 Å². The Bertz CT molecular complexity index is 716. The predicted molar refractivity (Wildman–Crippen MR) is 83.0 cm³/mol. The topological polar surface area (TPSA) is 38.3 Å². The fourth-order valence-corrected chi connectivity index (χ4v) is 1.95. The summed E-state index contributed by atoms with van der Waals surface area (Å²) in [5.74, 6) is 4.83. The largest absolute Gasteiger partial charge is 0.496 e. The standard InChI is InChI=1S/C18H16FNO2/c1-22-17-9-5-3-7-15(17)12-13-20-18(21)11-10-14-6-2-4-8-16(14)19/h2-9H,12-13H2,1H3,(H,20,21). The van der Waals surface area contributed by atoms with Crippen molar-refractivity contribution in [2.75, 3.05) is 13.7 Å². The third kappa shape index (κ3) is 4.35. The van der Waals surface area contributed by atoms with Gasteiger partial charge in [-0.05, 0) is 30.2 Å². The molecule has 0 heterocycles. The van der Waals surface area contributed by atoms with Crippen LogP contribution in [0.25, 0.3) is 0 Å². The fourth-order valence-electron chi connectivity index (χ4n) is 1.95. The highest BCUT2D eigenvalue weighted by atomic mass is 19.1. The number of carbonyl (C=O) groups is 1. The molecule has 2 rings (SSSR count). The third-order valence-corrected chi connectivity index (χ3v) is 3.06. The summed E-state index contributed by atoms with van der Waals surface area (Å²) < 4.78 is 18.6. The van der Waals surface area contributed by atoms with Gasteiger partial charge in [0.2, 0.25) is 0 Å². The highest BCUT2D eigenvalue weighted by molar-refractivity contribution is 5.94. The zero-order valence-electron chi connectivity index (χ0n) is 12.2. The smallest absolute Gasteiger partial charge is 0.296 e. The van der Waals surface area contributed by atoms with E-state index in [2.05, 4.69) is 17.2 Å². The van der Waals surface area contributed by atoms with Gasteiger partial charge >= 0.3 is 0 Å². The summed E-state index contributed by atoms with van der Waals surface area (Å²) in [6.07, 6.45) is 0.636. The molecule has 1 amide bonds. The molecule has 2 aromatic carbocycles. The summed E-state index contributed by atoms with van der Waals surface area (Å²) in [5.41, 5.74) is 1.22. The number of carbonyl (C=O) groups excluding carboxylic acids is 1. The third-order valence-electron chi connectivity index (χ3n) is 3.06. The first-order chi connectivity index (χ1) is 10.7. The molecule has 2 aromatic rings. The molecule has 0 atom stereocenters. The lowest BCUT2D eigenvalue weighted by Gasteiger charge is -2.07. The summed E-state index contributed by atoms with van der Waals surface area (Å²) in [6.45, 7) is 0.436. The van der Waals surface area contributed by atoms with E-state index in [-0.39, 0.29) is 5.56 Å². The van der Waals surface area contributed by atoms with E-state index >= 15 is 0 Å². The molecule has 0 aliphatic heterocycles. The van der Waals surface area contributed by atoms with E-state index in [4.69, 9.17) is 4.74 Å². The lowest BCUT2D eigenvalue weighted by molar-refractivity contribution is -0.115. The van der Waals surface area contributed by atoms with E-state index in [1.165, 1.54) is 12.1 Å². The molecule has 112 valence electrons. The minimum Gasteiger partial charge on any atom is -0.496 e. The monoisotopic (exact) mass is 297 g/mol. The molecule has 0 bridgehead atoms. The number of hydrogen-bond acceptors (Lipinski definition) is 2. The molecule has 0 spiro atoms. The molecule has 0 aliphatic rings. The molecule has 22 heavy (non-hydrogen) atoms. The Morgan fingerprint density at radius 2 is 1.91 bits per heavy atom. The summed E-state index contributed by atoms with van der Waals surface area (Å²) in [5, 5.41) is 2.68. The van der Waals surface area contributed by atoms with Crippen LogP contribution >= 0.6 is 0 Å². The average molecular weight is 297 g/mol. The maximum Gasteiger partial charge on any atom is 0.296 e. The molecular weight excluding hydrogens is 281 g/mol. The zero-order chi connectivity index (χ0) is 15.8. The van der Waals surface area contributed by atoms with Crippen molar-refractivity contribution in [2.45, 2.75) is 6.42 Å². The van der Waals surface area contributed by atoms with Crippen molar-refractivity contribution in [2.24, 2.45) is 0 Å². The van der Waals surface area contributed by atoms with Gasteiger partial charge in [-0.3, -0.25) is 4.79 Å². The van der Waals surface area contributed by atoms with Crippen LogP contribution in [0.3, 0.4) is 0 Å². The maximum absolute atomic E-state index is 13.3. The van der Waals surface area contributed by atoms with Gasteiger partial charge in [-0.25, -0.2) is 4.39 Å². The summed E-state index contributed by atoms with van der Waals surface area (Å²) in [6, 6.07) is 13.7. The number of rotatable bonds is 4. The van der Waals surface area contributed by atoms with Crippen molar-refractivity contribution in [3.05, 3.63) is 65.5 Å². The molecule has 3 nitrogen and oxygen atoms in total. The number of nitrogens with one attached hydrogen (secondary N) is 1. The normalized spacial score (nSPS) is 9.55. The molecule has 0 aliphatic carbocycles. The van der Waals surface area contributed by atoms with E-state index in [1.54, 1.807) is 19.2 Å². The van der Waals surface area contributed by atoms with Crippen LogP contribution in [0, 0.1) is 17.7 Å². The van der Waals surface area contributed by atoms with Gasteiger partial charge < -0.3 is 10.1 Å². The highest BCUT2D eigenvalue weighted by Gasteiger charge is 2.02. The number of hydrogen-bond donors (Lipinski definition) is 1. The van der Waals surface area contributed by atoms with Gasteiger partial charge in [0.25, 0.3) is 5.91 Å². The molecule has 0 saturated carbocycles. The minimum atomic E-state index is -0.433. The van der Waals surface area contributed by atoms with Crippen molar-refractivity contribution in [3.8, 4) is 17.6 Å². The van der Waals surface area contributed by atoms with Crippen molar-refractivity contribution in [1.29, 1.82) is 0 Å². The van der Waals surface area contributed by atoms with E-state index in [1.807, 2.05) is 24.3 Å². The van der Waals surface area contributed by atoms with Gasteiger partial charge in [0.15, 0.2) is 0 Å². The number of methoxy groups -OCH3 is 1. The average Bonchev–Trinajstić information content (AvgIpc) is 2.54. The molecule has 0 saturated heterocycles. The second kappa shape index (κ2) is 7.84. The van der Waals surface area contributed by atoms with Crippen molar-refractivity contribution < 1.29 is 13.9 Å². The van der Waals surface area contributed by atoms with Crippen molar-refractivity contribution in [1.82, 2.24) is 5.32 Å². The molecule has 0 unspecified atom stereocenters. The Kier molecular flexibility index (Phi) is 5.56. The Morgan fingerprint density at radius 1 is 1.18 bits per heavy atom. The van der Waals surface area contributed by atoms with E-state index in [9.17, 15) is 9.18 Å². The molecule has 1 N–H and O–H groups in total. The van der Waals surface area contributed by atoms with Gasteiger partial charge in [0.05, 0.1) is 12.7 Å². The van der Waals surface area contributed by atoms with Crippen LogP contribution in [0.2, 0.25) is 0 Å². The summed E-state index contributed by atoms with van der Waals surface area (Å²) in [4.78, 5) is 11.6. The van der Waals surface area contributed by atoms with Crippen LogP contribution in [-0.2, 0) is 11.2 Å². The maximum atomic E-state index is 13.3. The SMILES string of the molecule is COc1ccccc1CCNC(=O)C#Cc1ccccc1F. The van der Waals surface area contributed by atoms with Crippen LogP contribution < -0.4 is 10.1 Å². The molecule has 0 aromatic heterocycles. The lowest BCUT2D eigenvalue weighted by Crippen LogP contribution is -2.24. The second-order valence-electron chi connectivity index (χ2n) is 4.55. The van der Waals surface area contributed by atoms with E-state index < -0.39 is 11.7 Å².